The molecule has 190 valence electrons. The number of rotatable bonds is 7. The smallest absolute Gasteiger partial charge is 0.252 e. The summed E-state index contributed by atoms with van der Waals surface area (Å²) in [6, 6.07) is 33.0. The molecule has 2 atom stereocenters. The van der Waals surface area contributed by atoms with Crippen molar-refractivity contribution in [2.24, 2.45) is 0 Å². The summed E-state index contributed by atoms with van der Waals surface area (Å²) in [4.78, 5) is 22.6. The number of para-hydroxylation sites is 1. The largest absolute Gasteiger partial charge is 0.348 e. The molecule has 0 aliphatic carbocycles. The summed E-state index contributed by atoms with van der Waals surface area (Å²) in [6.07, 6.45) is 2.42. The fourth-order valence-electron chi connectivity index (χ4n) is 5.56. The van der Waals surface area contributed by atoms with E-state index in [2.05, 4.69) is 71.1 Å². The number of aromatic nitrogens is 1. The van der Waals surface area contributed by atoms with Crippen molar-refractivity contribution in [2.45, 2.75) is 31.8 Å². The predicted molar refractivity (Wildman–Crippen MR) is 157 cm³/mol. The highest BCUT2D eigenvalue weighted by molar-refractivity contribution is 7.10. The molecule has 0 spiro atoms. The number of hydrogen-bond acceptors (Lipinski definition) is 4. The molecule has 4 nitrogen and oxygen atoms in total. The van der Waals surface area contributed by atoms with Crippen molar-refractivity contribution in [1.29, 1.82) is 0 Å². The zero-order valence-corrected chi connectivity index (χ0v) is 22.3. The maximum Gasteiger partial charge on any atom is 0.252 e. The van der Waals surface area contributed by atoms with E-state index < -0.39 is 0 Å². The Hall–Kier alpha value is -3.80. The molecule has 1 saturated heterocycles. The van der Waals surface area contributed by atoms with Crippen molar-refractivity contribution in [3.63, 3.8) is 0 Å². The van der Waals surface area contributed by atoms with Crippen LogP contribution in [0.15, 0.2) is 102 Å². The maximum atomic E-state index is 13.8. The maximum absolute atomic E-state index is 13.8. The molecule has 1 aliphatic heterocycles. The standard InChI is InChI=1S/C33H31N3OS/c1-23(32(31-14-9-21-38-31)36-19-7-8-20-36)34-33(37)28-22-30(35-29-13-6-5-12-27(28)29)26-17-15-25(16-18-26)24-10-3-2-4-11-24/h2-6,9-18,21-23,32H,7-8,19-20H2,1H3,(H,34,37)/t23-,32-/m0/s1. The van der Waals surface area contributed by atoms with Gasteiger partial charge in [-0.1, -0.05) is 78.9 Å². The van der Waals surface area contributed by atoms with Crippen LogP contribution in [-0.2, 0) is 0 Å². The lowest BCUT2D eigenvalue weighted by atomic mass is 10.00. The molecular formula is C33H31N3OS. The molecule has 1 fully saturated rings. The van der Waals surface area contributed by atoms with Gasteiger partial charge in [-0.2, -0.15) is 0 Å². The second kappa shape index (κ2) is 10.9. The first-order valence-electron chi connectivity index (χ1n) is 13.3. The molecule has 0 bridgehead atoms. The molecule has 0 saturated carbocycles. The highest BCUT2D eigenvalue weighted by Gasteiger charge is 2.30. The van der Waals surface area contributed by atoms with Crippen LogP contribution in [0.4, 0.5) is 0 Å². The van der Waals surface area contributed by atoms with Gasteiger partial charge < -0.3 is 5.32 Å². The van der Waals surface area contributed by atoms with Crippen LogP contribution in [0.2, 0.25) is 0 Å². The second-order valence-electron chi connectivity index (χ2n) is 9.98. The van der Waals surface area contributed by atoms with Gasteiger partial charge >= 0.3 is 0 Å². The van der Waals surface area contributed by atoms with E-state index in [4.69, 9.17) is 4.98 Å². The van der Waals surface area contributed by atoms with Crippen molar-refractivity contribution >= 4 is 28.1 Å². The average molecular weight is 518 g/mol. The summed E-state index contributed by atoms with van der Waals surface area (Å²) in [5.74, 6) is -0.0565. The Morgan fingerprint density at radius 3 is 2.26 bits per heavy atom. The lowest BCUT2D eigenvalue weighted by Gasteiger charge is -2.32. The Bertz CT molecular complexity index is 1520. The first-order valence-corrected chi connectivity index (χ1v) is 14.2. The van der Waals surface area contributed by atoms with Crippen LogP contribution in [0.1, 0.15) is 41.0 Å². The van der Waals surface area contributed by atoms with Gasteiger partial charge in [-0.15, -0.1) is 11.3 Å². The van der Waals surface area contributed by atoms with Crippen LogP contribution in [0, 0.1) is 0 Å². The fourth-order valence-corrected chi connectivity index (χ4v) is 6.52. The normalized spacial score (nSPS) is 15.4. The number of amides is 1. The fraction of sp³-hybridized carbons (Fsp3) is 0.212. The van der Waals surface area contributed by atoms with Gasteiger partial charge in [0, 0.05) is 21.9 Å². The summed E-state index contributed by atoms with van der Waals surface area (Å²) in [7, 11) is 0. The molecule has 5 heteroatoms. The van der Waals surface area contributed by atoms with Crippen molar-refractivity contribution < 1.29 is 4.79 Å². The number of fused-ring (bicyclic) bond motifs is 1. The summed E-state index contributed by atoms with van der Waals surface area (Å²) < 4.78 is 0. The predicted octanol–water partition coefficient (Wildman–Crippen LogP) is 7.59. The minimum atomic E-state index is -0.0565. The van der Waals surface area contributed by atoms with Gasteiger partial charge in [-0.25, -0.2) is 4.98 Å². The van der Waals surface area contributed by atoms with E-state index in [0.717, 1.165) is 40.8 Å². The molecule has 0 radical (unpaired) electrons. The van der Waals surface area contributed by atoms with Crippen LogP contribution in [-0.4, -0.2) is 34.9 Å². The molecular weight excluding hydrogens is 486 g/mol. The molecule has 1 amide bonds. The molecule has 3 heterocycles. The molecule has 2 aromatic heterocycles. The van der Waals surface area contributed by atoms with E-state index >= 15 is 0 Å². The van der Waals surface area contributed by atoms with Crippen LogP contribution < -0.4 is 5.32 Å². The third-order valence-electron chi connectivity index (χ3n) is 7.45. The van der Waals surface area contributed by atoms with Gasteiger partial charge in [0.05, 0.1) is 22.8 Å². The zero-order valence-electron chi connectivity index (χ0n) is 21.5. The summed E-state index contributed by atoms with van der Waals surface area (Å²) in [6.45, 7) is 4.28. The molecule has 0 unspecified atom stereocenters. The van der Waals surface area contributed by atoms with Gasteiger partial charge in [0.15, 0.2) is 0 Å². The van der Waals surface area contributed by atoms with E-state index in [0.29, 0.717) is 5.56 Å². The van der Waals surface area contributed by atoms with Crippen molar-refractivity contribution in [3.05, 3.63) is 113 Å². The van der Waals surface area contributed by atoms with Crippen molar-refractivity contribution in [3.8, 4) is 22.4 Å². The van der Waals surface area contributed by atoms with E-state index in [9.17, 15) is 4.79 Å². The number of thiophene rings is 1. The quantitative estimate of drug-likeness (QED) is 0.242. The van der Waals surface area contributed by atoms with Crippen LogP contribution in [0.25, 0.3) is 33.3 Å². The molecule has 1 aliphatic rings. The van der Waals surface area contributed by atoms with E-state index in [1.54, 1.807) is 11.3 Å². The van der Waals surface area contributed by atoms with Gasteiger partial charge in [-0.05, 0) is 67.6 Å². The molecule has 38 heavy (non-hydrogen) atoms. The average Bonchev–Trinajstić information content (AvgIpc) is 3.69. The number of hydrogen-bond donors (Lipinski definition) is 1. The Labute approximate surface area is 228 Å². The molecule has 3 aromatic carbocycles. The van der Waals surface area contributed by atoms with Crippen LogP contribution >= 0.6 is 11.3 Å². The van der Waals surface area contributed by atoms with E-state index in [1.807, 2.05) is 48.5 Å². The zero-order chi connectivity index (χ0) is 25.9. The highest BCUT2D eigenvalue weighted by Crippen LogP contribution is 2.32. The number of nitrogens with zero attached hydrogens (tertiary/aromatic N) is 2. The lowest BCUT2D eigenvalue weighted by Crippen LogP contribution is -2.43. The number of carbonyl (C=O) groups excluding carboxylic acids is 1. The Morgan fingerprint density at radius 2 is 1.53 bits per heavy atom. The first-order chi connectivity index (χ1) is 18.7. The summed E-state index contributed by atoms with van der Waals surface area (Å²) in [5.41, 5.74) is 5.61. The summed E-state index contributed by atoms with van der Waals surface area (Å²) in [5, 5.41) is 6.36. The van der Waals surface area contributed by atoms with Crippen LogP contribution in [0.3, 0.4) is 0 Å². The Morgan fingerprint density at radius 1 is 0.842 bits per heavy atom. The van der Waals surface area contributed by atoms with E-state index in [-0.39, 0.29) is 18.0 Å². The number of pyridine rings is 1. The Balaban J connectivity index is 1.32. The van der Waals surface area contributed by atoms with Gasteiger partial charge in [-0.3, -0.25) is 9.69 Å². The molecule has 6 rings (SSSR count). The lowest BCUT2D eigenvalue weighted by molar-refractivity contribution is 0.0909. The van der Waals surface area contributed by atoms with Gasteiger partial charge in [0.25, 0.3) is 5.91 Å². The topological polar surface area (TPSA) is 45.2 Å². The van der Waals surface area contributed by atoms with Crippen molar-refractivity contribution in [2.75, 3.05) is 13.1 Å². The van der Waals surface area contributed by atoms with E-state index in [1.165, 1.54) is 23.3 Å². The second-order valence-corrected chi connectivity index (χ2v) is 11.0. The van der Waals surface area contributed by atoms with Gasteiger partial charge in [0.2, 0.25) is 0 Å². The third-order valence-corrected chi connectivity index (χ3v) is 8.39. The van der Waals surface area contributed by atoms with Gasteiger partial charge in [0.1, 0.15) is 0 Å². The minimum absolute atomic E-state index is 0.0280. The SMILES string of the molecule is C[C@H](NC(=O)c1cc(-c2ccc(-c3ccccc3)cc2)nc2ccccc12)[C@@H](c1cccs1)N1CCCC1. The number of carbonyl (C=O) groups is 1. The van der Waals surface area contributed by atoms with Crippen molar-refractivity contribution in [1.82, 2.24) is 15.2 Å². The summed E-state index contributed by atoms with van der Waals surface area (Å²) >= 11 is 1.77. The minimum Gasteiger partial charge on any atom is -0.348 e. The third kappa shape index (κ3) is 5.00. The number of benzene rings is 3. The van der Waals surface area contributed by atoms with Crippen LogP contribution in [0.5, 0.6) is 0 Å². The highest BCUT2D eigenvalue weighted by atomic mass is 32.1. The molecule has 1 N–H and O–H groups in total. The first kappa shape index (κ1) is 24.5. The Kier molecular flexibility index (Phi) is 7.04. The monoisotopic (exact) mass is 517 g/mol. The number of nitrogens with one attached hydrogen (secondary N) is 1. The number of likely N-dealkylation sites (tertiary alicyclic amines) is 1. The molecule has 5 aromatic rings.